The standard InChI is InChI=1S/C17H13NO2S/c1-18(11-19)13-8-6-12(7-9-13)17(20)15-10-21-16-5-3-2-4-14(15)16/h2-11H,1H3. The van der Waals surface area contributed by atoms with Gasteiger partial charge in [0.25, 0.3) is 0 Å². The van der Waals surface area contributed by atoms with E-state index in [0.29, 0.717) is 5.56 Å². The van der Waals surface area contributed by atoms with Gasteiger partial charge in [0, 0.05) is 39.3 Å². The number of fused-ring (bicyclic) bond motifs is 1. The molecular formula is C17H13NO2S. The molecular weight excluding hydrogens is 282 g/mol. The first-order chi connectivity index (χ1) is 10.2. The fraction of sp³-hybridized carbons (Fsp3) is 0.0588. The van der Waals surface area contributed by atoms with E-state index in [2.05, 4.69) is 0 Å². The predicted molar refractivity (Wildman–Crippen MR) is 86.2 cm³/mol. The first-order valence-electron chi connectivity index (χ1n) is 6.50. The molecule has 0 spiro atoms. The van der Waals surface area contributed by atoms with Gasteiger partial charge in [0.2, 0.25) is 6.41 Å². The fourth-order valence-electron chi connectivity index (χ4n) is 2.22. The third kappa shape index (κ3) is 2.45. The van der Waals surface area contributed by atoms with Crippen molar-refractivity contribution in [2.24, 2.45) is 0 Å². The molecule has 1 aromatic heterocycles. The molecule has 2 aromatic carbocycles. The molecule has 0 bridgehead atoms. The van der Waals surface area contributed by atoms with Crippen LogP contribution in [-0.4, -0.2) is 19.2 Å². The maximum atomic E-state index is 12.6. The molecule has 0 aliphatic carbocycles. The topological polar surface area (TPSA) is 37.4 Å². The first-order valence-corrected chi connectivity index (χ1v) is 7.38. The maximum Gasteiger partial charge on any atom is 0.213 e. The molecule has 104 valence electrons. The molecule has 0 fully saturated rings. The number of anilines is 1. The molecule has 3 aromatic rings. The summed E-state index contributed by atoms with van der Waals surface area (Å²) < 4.78 is 1.11. The second-order valence-electron chi connectivity index (χ2n) is 4.74. The lowest BCUT2D eigenvalue weighted by Gasteiger charge is -2.10. The summed E-state index contributed by atoms with van der Waals surface area (Å²) in [6.45, 7) is 0. The van der Waals surface area contributed by atoms with Crippen molar-refractivity contribution in [1.29, 1.82) is 0 Å². The molecule has 3 rings (SSSR count). The van der Waals surface area contributed by atoms with E-state index in [1.165, 1.54) is 4.90 Å². The second kappa shape index (κ2) is 5.50. The zero-order valence-corrected chi connectivity index (χ0v) is 12.3. The van der Waals surface area contributed by atoms with E-state index in [-0.39, 0.29) is 5.78 Å². The number of rotatable bonds is 4. The summed E-state index contributed by atoms with van der Waals surface area (Å²) in [5.41, 5.74) is 2.12. The second-order valence-corrected chi connectivity index (χ2v) is 5.65. The smallest absolute Gasteiger partial charge is 0.213 e. The van der Waals surface area contributed by atoms with Crippen molar-refractivity contribution >= 4 is 39.3 Å². The number of hydrogen-bond acceptors (Lipinski definition) is 3. The van der Waals surface area contributed by atoms with Crippen LogP contribution in [0.5, 0.6) is 0 Å². The number of benzene rings is 2. The lowest BCUT2D eigenvalue weighted by molar-refractivity contribution is -0.107. The van der Waals surface area contributed by atoms with Gasteiger partial charge in [-0.15, -0.1) is 11.3 Å². The van der Waals surface area contributed by atoms with Gasteiger partial charge in [-0.25, -0.2) is 0 Å². The third-order valence-corrected chi connectivity index (χ3v) is 4.38. The fourth-order valence-corrected chi connectivity index (χ4v) is 3.16. The number of carbonyl (C=O) groups is 2. The molecule has 21 heavy (non-hydrogen) atoms. The van der Waals surface area contributed by atoms with Gasteiger partial charge in [0.15, 0.2) is 5.78 Å². The maximum absolute atomic E-state index is 12.6. The van der Waals surface area contributed by atoms with E-state index in [1.807, 2.05) is 29.6 Å². The average Bonchev–Trinajstić information content (AvgIpc) is 2.97. The Labute approximate surface area is 126 Å². The highest BCUT2D eigenvalue weighted by atomic mass is 32.1. The van der Waals surface area contributed by atoms with Crippen molar-refractivity contribution < 1.29 is 9.59 Å². The SMILES string of the molecule is CN(C=O)c1ccc(C(=O)c2csc3ccccc23)cc1. The van der Waals surface area contributed by atoms with Gasteiger partial charge < -0.3 is 4.90 Å². The van der Waals surface area contributed by atoms with Crippen molar-refractivity contribution in [3.63, 3.8) is 0 Å². The minimum atomic E-state index is 0.00718. The minimum absolute atomic E-state index is 0.00718. The summed E-state index contributed by atoms with van der Waals surface area (Å²) in [4.78, 5) is 24.8. The van der Waals surface area contributed by atoms with E-state index >= 15 is 0 Å². The van der Waals surface area contributed by atoms with Crippen LogP contribution in [0.15, 0.2) is 53.9 Å². The quantitative estimate of drug-likeness (QED) is 0.543. The van der Waals surface area contributed by atoms with Gasteiger partial charge >= 0.3 is 0 Å². The van der Waals surface area contributed by atoms with Gasteiger partial charge in [-0.05, 0) is 30.3 Å². The molecule has 0 N–H and O–H groups in total. The van der Waals surface area contributed by atoms with E-state index in [0.717, 1.165) is 27.7 Å². The number of nitrogens with zero attached hydrogens (tertiary/aromatic N) is 1. The Morgan fingerprint density at radius 3 is 2.52 bits per heavy atom. The van der Waals surface area contributed by atoms with E-state index in [4.69, 9.17) is 0 Å². The number of carbonyl (C=O) groups excluding carboxylic acids is 2. The summed E-state index contributed by atoms with van der Waals surface area (Å²) in [5, 5.41) is 2.89. The number of hydrogen-bond donors (Lipinski definition) is 0. The highest BCUT2D eigenvalue weighted by Gasteiger charge is 2.14. The molecule has 1 amide bonds. The zero-order chi connectivity index (χ0) is 14.8. The average molecular weight is 295 g/mol. The lowest BCUT2D eigenvalue weighted by atomic mass is 10.0. The van der Waals surface area contributed by atoms with Crippen LogP contribution >= 0.6 is 11.3 Å². The number of ketones is 1. The molecule has 0 saturated carbocycles. The monoisotopic (exact) mass is 295 g/mol. The van der Waals surface area contributed by atoms with E-state index in [1.54, 1.807) is 42.6 Å². The van der Waals surface area contributed by atoms with Gasteiger partial charge in [-0.3, -0.25) is 9.59 Å². The van der Waals surface area contributed by atoms with Crippen LogP contribution in [0.3, 0.4) is 0 Å². The highest BCUT2D eigenvalue weighted by molar-refractivity contribution is 7.17. The molecule has 3 nitrogen and oxygen atoms in total. The molecule has 4 heteroatoms. The summed E-state index contributed by atoms with van der Waals surface area (Å²) in [7, 11) is 1.68. The Bertz CT molecular complexity index is 805. The Morgan fingerprint density at radius 1 is 1.10 bits per heavy atom. The molecule has 0 unspecified atom stereocenters. The summed E-state index contributed by atoms with van der Waals surface area (Å²) in [6, 6.07) is 14.9. The normalized spacial score (nSPS) is 10.5. The zero-order valence-electron chi connectivity index (χ0n) is 11.4. The van der Waals surface area contributed by atoms with Gasteiger partial charge in [0.1, 0.15) is 0 Å². The van der Waals surface area contributed by atoms with Crippen molar-refractivity contribution in [2.45, 2.75) is 0 Å². The van der Waals surface area contributed by atoms with Crippen LogP contribution in [0.4, 0.5) is 5.69 Å². The third-order valence-electron chi connectivity index (χ3n) is 3.42. The van der Waals surface area contributed by atoms with Crippen molar-refractivity contribution in [1.82, 2.24) is 0 Å². The molecule has 0 aliphatic rings. The van der Waals surface area contributed by atoms with Crippen LogP contribution in [0.25, 0.3) is 10.1 Å². The molecule has 1 heterocycles. The lowest BCUT2D eigenvalue weighted by Crippen LogP contribution is -2.13. The minimum Gasteiger partial charge on any atom is -0.318 e. The van der Waals surface area contributed by atoms with Crippen molar-refractivity contribution in [3.8, 4) is 0 Å². The van der Waals surface area contributed by atoms with E-state index < -0.39 is 0 Å². The summed E-state index contributed by atoms with van der Waals surface area (Å²) >= 11 is 1.57. The molecule has 0 aliphatic heterocycles. The van der Waals surface area contributed by atoms with Crippen LogP contribution in [-0.2, 0) is 4.79 Å². The van der Waals surface area contributed by atoms with Crippen LogP contribution in [0.1, 0.15) is 15.9 Å². The molecule has 0 atom stereocenters. The largest absolute Gasteiger partial charge is 0.318 e. The summed E-state index contributed by atoms with van der Waals surface area (Å²) in [6.07, 6.45) is 0.739. The van der Waals surface area contributed by atoms with Crippen molar-refractivity contribution in [3.05, 3.63) is 65.0 Å². The van der Waals surface area contributed by atoms with Gasteiger partial charge in [-0.1, -0.05) is 18.2 Å². The highest BCUT2D eigenvalue weighted by Crippen LogP contribution is 2.28. The van der Waals surface area contributed by atoms with Crippen molar-refractivity contribution in [2.75, 3.05) is 11.9 Å². The number of thiophene rings is 1. The van der Waals surface area contributed by atoms with Crippen LogP contribution in [0.2, 0.25) is 0 Å². The summed E-state index contributed by atoms with van der Waals surface area (Å²) in [5.74, 6) is 0.00718. The Balaban J connectivity index is 1.97. The first kappa shape index (κ1) is 13.5. The van der Waals surface area contributed by atoms with Gasteiger partial charge in [-0.2, -0.15) is 0 Å². The van der Waals surface area contributed by atoms with Crippen LogP contribution in [0, 0.1) is 0 Å². The van der Waals surface area contributed by atoms with Gasteiger partial charge in [0.05, 0.1) is 0 Å². The van der Waals surface area contributed by atoms with E-state index in [9.17, 15) is 9.59 Å². The molecule has 0 radical (unpaired) electrons. The van der Waals surface area contributed by atoms with Crippen LogP contribution < -0.4 is 4.90 Å². The Hall–Kier alpha value is -2.46. The Kier molecular flexibility index (Phi) is 3.54. The number of amides is 1. The Morgan fingerprint density at radius 2 is 1.81 bits per heavy atom. The molecule has 0 saturated heterocycles. The predicted octanol–water partition coefficient (Wildman–Crippen LogP) is 3.72.